The van der Waals surface area contributed by atoms with Crippen LogP contribution in [-0.4, -0.2) is 25.3 Å². The van der Waals surface area contributed by atoms with Gasteiger partial charge in [-0.25, -0.2) is 0 Å². The van der Waals surface area contributed by atoms with Crippen LogP contribution in [0.5, 0.6) is 0 Å². The highest BCUT2D eigenvalue weighted by Crippen LogP contribution is 2.18. The third-order valence-corrected chi connectivity index (χ3v) is 3.18. The molecule has 1 aliphatic rings. The zero-order valence-electron chi connectivity index (χ0n) is 9.99. The summed E-state index contributed by atoms with van der Waals surface area (Å²) in [5, 5.41) is 3.55. The van der Waals surface area contributed by atoms with Gasteiger partial charge in [0.2, 0.25) is 0 Å². The van der Waals surface area contributed by atoms with E-state index in [0.717, 1.165) is 19.6 Å². The second kappa shape index (κ2) is 6.02. The smallest absolute Gasteiger partial charge is 0.0732 e. The monoisotopic (exact) mass is 219 g/mol. The molecule has 2 nitrogen and oxygen atoms in total. The molecule has 2 atom stereocenters. The van der Waals surface area contributed by atoms with Crippen molar-refractivity contribution in [3.8, 4) is 0 Å². The van der Waals surface area contributed by atoms with Crippen LogP contribution in [0.3, 0.4) is 0 Å². The van der Waals surface area contributed by atoms with Crippen molar-refractivity contribution in [2.45, 2.75) is 38.3 Å². The third-order valence-electron chi connectivity index (χ3n) is 3.18. The molecule has 88 valence electrons. The zero-order chi connectivity index (χ0) is 11.2. The van der Waals surface area contributed by atoms with E-state index in [0.29, 0.717) is 12.1 Å². The fraction of sp³-hybridized carbons (Fsp3) is 0.571. The SMILES string of the molecule is CCN[C@H](Cc1ccccc1)[C@H]1CCCO1. The van der Waals surface area contributed by atoms with Gasteiger partial charge in [-0.3, -0.25) is 0 Å². The van der Waals surface area contributed by atoms with Gasteiger partial charge in [-0.1, -0.05) is 37.3 Å². The second-order valence-corrected chi connectivity index (χ2v) is 4.41. The van der Waals surface area contributed by atoms with E-state index in [2.05, 4.69) is 42.6 Å². The van der Waals surface area contributed by atoms with Gasteiger partial charge < -0.3 is 10.1 Å². The first-order chi connectivity index (χ1) is 7.90. The lowest BCUT2D eigenvalue weighted by Crippen LogP contribution is -2.41. The minimum absolute atomic E-state index is 0.403. The maximum atomic E-state index is 5.78. The summed E-state index contributed by atoms with van der Waals surface area (Å²) in [4.78, 5) is 0. The topological polar surface area (TPSA) is 21.3 Å². The van der Waals surface area contributed by atoms with Crippen LogP contribution >= 0.6 is 0 Å². The molecule has 0 amide bonds. The maximum Gasteiger partial charge on any atom is 0.0732 e. The Morgan fingerprint density at radius 2 is 2.19 bits per heavy atom. The fourth-order valence-corrected chi connectivity index (χ4v) is 2.39. The van der Waals surface area contributed by atoms with Crippen LogP contribution in [0.25, 0.3) is 0 Å². The first-order valence-electron chi connectivity index (χ1n) is 6.29. The molecule has 0 radical (unpaired) electrons. The highest BCUT2D eigenvalue weighted by atomic mass is 16.5. The van der Waals surface area contributed by atoms with E-state index in [-0.39, 0.29) is 0 Å². The van der Waals surface area contributed by atoms with Crippen molar-refractivity contribution in [1.82, 2.24) is 5.32 Å². The molecule has 0 unspecified atom stereocenters. The standard InChI is InChI=1S/C14H21NO/c1-2-15-13(14-9-6-10-16-14)11-12-7-4-3-5-8-12/h3-5,7-8,13-15H,2,6,9-11H2,1H3/t13-,14-/m1/s1. The van der Waals surface area contributed by atoms with E-state index in [9.17, 15) is 0 Å². The van der Waals surface area contributed by atoms with Crippen molar-refractivity contribution in [3.05, 3.63) is 35.9 Å². The van der Waals surface area contributed by atoms with Crippen LogP contribution in [0.1, 0.15) is 25.3 Å². The molecule has 0 aliphatic carbocycles. The average molecular weight is 219 g/mol. The number of rotatable bonds is 5. The Labute approximate surface area is 98.0 Å². The van der Waals surface area contributed by atoms with Crippen molar-refractivity contribution in [2.75, 3.05) is 13.2 Å². The van der Waals surface area contributed by atoms with Gasteiger partial charge in [0.25, 0.3) is 0 Å². The lowest BCUT2D eigenvalue weighted by molar-refractivity contribution is 0.0789. The molecule has 0 spiro atoms. The van der Waals surface area contributed by atoms with Crippen LogP contribution in [0.2, 0.25) is 0 Å². The maximum absolute atomic E-state index is 5.78. The lowest BCUT2D eigenvalue weighted by Gasteiger charge is -2.23. The summed E-state index contributed by atoms with van der Waals surface area (Å²) in [5.74, 6) is 0. The van der Waals surface area contributed by atoms with Gasteiger partial charge in [0.15, 0.2) is 0 Å². The molecule has 16 heavy (non-hydrogen) atoms. The van der Waals surface area contributed by atoms with E-state index < -0.39 is 0 Å². The van der Waals surface area contributed by atoms with Crippen molar-refractivity contribution in [3.63, 3.8) is 0 Å². The van der Waals surface area contributed by atoms with Crippen LogP contribution in [0.4, 0.5) is 0 Å². The first-order valence-corrected chi connectivity index (χ1v) is 6.29. The van der Waals surface area contributed by atoms with Crippen LogP contribution in [0, 0.1) is 0 Å². The summed E-state index contributed by atoms with van der Waals surface area (Å²) in [6.45, 7) is 4.10. The van der Waals surface area contributed by atoms with Gasteiger partial charge in [-0.2, -0.15) is 0 Å². The van der Waals surface area contributed by atoms with Crippen LogP contribution < -0.4 is 5.32 Å². The summed E-state index contributed by atoms with van der Waals surface area (Å²) >= 11 is 0. The Morgan fingerprint density at radius 1 is 1.38 bits per heavy atom. The van der Waals surface area contributed by atoms with Crippen LogP contribution in [0.15, 0.2) is 30.3 Å². The first kappa shape index (κ1) is 11.6. The summed E-state index contributed by atoms with van der Waals surface area (Å²) in [7, 11) is 0. The van der Waals surface area contributed by atoms with Crippen molar-refractivity contribution in [1.29, 1.82) is 0 Å². The number of hydrogen-bond acceptors (Lipinski definition) is 2. The van der Waals surface area contributed by atoms with Crippen LogP contribution in [-0.2, 0) is 11.2 Å². The molecule has 0 bridgehead atoms. The summed E-state index contributed by atoms with van der Waals surface area (Å²) < 4.78 is 5.78. The molecule has 2 heteroatoms. The van der Waals surface area contributed by atoms with E-state index >= 15 is 0 Å². The number of ether oxygens (including phenoxy) is 1. The Morgan fingerprint density at radius 3 is 2.81 bits per heavy atom. The molecule has 1 aromatic carbocycles. The van der Waals surface area contributed by atoms with Gasteiger partial charge >= 0.3 is 0 Å². The summed E-state index contributed by atoms with van der Waals surface area (Å²) in [5.41, 5.74) is 1.39. The summed E-state index contributed by atoms with van der Waals surface area (Å²) in [6.07, 6.45) is 3.88. The number of likely N-dealkylation sites (N-methyl/N-ethyl adjacent to an activating group) is 1. The Kier molecular flexibility index (Phi) is 4.37. The van der Waals surface area contributed by atoms with Gasteiger partial charge in [-0.05, 0) is 31.4 Å². The Balaban J connectivity index is 1.96. The summed E-state index contributed by atoms with van der Waals surface area (Å²) in [6, 6.07) is 11.1. The molecule has 1 heterocycles. The molecule has 1 saturated heterocycles. The van der Waals surface area contributed by atoms with Crippen molar-refractivity contribution < 1.29 is 4.74 Å². The van der Waals surface area contributed by atoms with Crippen molar-refractivity contribution >= 4 is 0 Å². The Bertz CT molecular complexity index is 293. The largest absolute Gasteiger partial charge is 0.377 e. The highest BCUT2D eigenvalue weighted by Gasteiger charge is 2.25. The predicted molar refractivity (Wildman–Crippen MR) is 66.6 cm³/mol. The van der Waals surface area contributed by atoms with E-state index in [4.69, 9.17) is 4.74 Å². The number of hydrogen-bond donors (Lipinski definition) is 1. The fourth-order valence-electron chi connectivity index (χ4n) is 2.39. The highest BCUT2D eigenvalue weighted by molar-refractivity contribution is 5.16. The molecule has 1 N–H and O–H groups in total. The predicted octanol–water partition coefficient (Wildman–Crippen LogP) is 2.39. The van der Waals surface area contributed by atoms with Gasteiger partial charge in [0.05, 0.1) is 6.10 Å². The Hall–Kier alpha value is -0.860. The quantitative estimate of drug-likeness (QED) is 0.821. The van der Waals surface area contributed by atoms with E-state index in [1.54, 1.807) is 0 Å². The van der Waals surface area contributed by atoms with Gasteiger partial charge in [-0.15, -0.1) is 0 Å². The van der Waals surface area contributed by atoms with E-state index in [1.165, 1.54) is 18.4 Å². The molecule has 1 aliphatic heterocycles. The molecular formula is C14H21NO. The molecule has 0 aromatic heterocycles. The second-order valence-electron chi connectivity index (χ2n) is 4.41. The molecule has 1 fully saturated rings. The molecule has 1 aromatic rings. The van der Waals surface area contributed by atoms with Gasteiger partial charge in [0, 0.05) is 12.6 Å². The molecule has 0 saturated carbocycles. The van der Waals surface area contributed by atoms with Crippen molar-refractivity contribution in [2.24, 2.45) is 0 Å². The minimum atomic E-state index is 0.403. The molecule has 2 rings (SSSR count). The number of benzene rings is 1. The molecular weight excluding hydrogens is 198 g/mol. The average Bonchev–Trinajstić information content (AvgIpc) is 2.83. The minimum Gasteiger partial charge on any atom is -0.377 e. The lowest BCUT2D eigenvalue weighted by atomic mass is 9.99. The number of nitrogens with one attached hydrogen (secondary N) is 1. The van der Waals surface area contributed by atoms with Gasteiger partial charge in [0.1, 0.15) is 0 Å². The third kappa shape index (κ3) is 3.06. The normalized spacial score (nSPS) is 22.2. The van der Waals surface area contributed by atoms with E-state index in [1.807, 2.05) is 0 Å². The zero-order valence-corrected chi connectivity index (χ0v) is 9.99.